The molecule has 0 aliphatic rings. The normalized spacial score (nSPS) is 10.5. The fraction of sp³-hybridized carbons (Fsp3) is 0.0909. The van der Waals surface area contributed by atoms with Crippen molar-refractivity contribution < 1.29 is 4.39 Å². The lowest BCUT2D eigenvalue weighted by molar-refractivity contribution is 0.628. The maximum Gasteiger partial charge on any atom is 0.124 e. The number of H-pyrrole nitrogens is 1. The predicted molar refractivity (Wildman–Crippen MR) is 55.9 cm³/mol. The number of benzene rings is 1. The molecule has 0 amide bonds. The van der Waals surface area contributed by atoms with Crippen LogP contribution in [0.5, 0.6) is 0 Å². The van der Waals surface area contributed by atoms with Gasteiger partial charge < -0.3 is 4.98 Å². The molecule has 72 valence electrons. The summed E-state index contributed by atoms with van der Waals surface area (Å²) in [7, 11) is 0. The maximum atomic E-state index is 12.8. The van der Waals surface area contributed by atoms with Gasteiger partial charge in [-0.1, -0.05) is 11.6 Å². The first kappa shape index (κ1) is 9.28. The number of aromatic nitrogens is 1. The van der Waals surface area contributed by atoms with Crippen molar-refractivity contribution in [2.24, 2.45) is 0 Å². The maximum absolute atomic E-state index is 12.8. The average Bonchev–Trinajstić information content (AvgIpc) is 2.51. The number of nitrogens with one attached hydrogen (secondary N) is 1. The van der Waals surface area contributed by atoms with Crippen molar-refractivity contribution >= 4 is 11.6 Å². The number of halogens is 2. The van der Waals surface area contributed by atoms with E-state index in [1.807, 2.05) is 19.2 Å². The third-order valence-corrected chi connectivity index (χ3v) is 2.36. The second-order valence-electron chi connectivity index (χ2n) is 3.21. The summed E-state index contributed by atoms with van der Waals surface area (Å²) in [5.41, 5.74) is 2.86. The van der Waals surface area contributed by atoms with E-state index in [0.29, 0.717) is 5.02 Å². The van der Waals surface area contributed by atoms with Crippen LogP contribution in [0.25, 0.3) is 11.3 Å². The quantitative estimate of drug-likeness (QED) is 0.736. The Bertz CT molecular complexity index is 462. The standard InChI is InChI=1S/C11H9ClFN/c1-7-4-11(14-6-7)9-3-2-8(13)5-10(9)12/h2-6,14H,1H3. The van der Waals surface area contributed by atoms with E-state index < -0.39 is 0 Å². The van der Waals surface area contributed by atoms with Gasteiger partial charge in [-0.3, -0.25) is 0 Å². The predicted octanol–water partition coefficient (Wildman–Crippen LogP) is 3.78. The van der Waals surface area contributed by atoms with Crippen molar-refractivity contribution in [3.63, 3.8) is 0 Å². The highest BCUT2D eigenvalue weighted by molar-refractivity contribution is 6.33. The molecule has 0 atom stereocenters. The van der Waals surface area contributed by atoms with Crippen molar-refractivity contribution in [2.45, 2.75) is 6.92 Å². The molecule has 0 saturated carbocycles. The Labute approximate surface area is 86.5 Å². The summed E-state index contributed by atoms with van der Waals surface area (Å²) in [5, 5.41) is 0.423. The lowest BCUT2D eigenvalue weighted by atomic mass is 10.1. The van der Waals surface area contributed by atoms with Gasteiger partial charge in [0.2, 0.25) is 0 Å². The summed E-state index contributed by atoms with van der Waals surface area (Å²) in [4.78, 5) is 3.08. The van der Waals surface area contributed by atoms with E-state index in [9.17, 15) is 4.39 Å². The van der Waals surface area contributed by atoms with E-state index in [1.165, 1.54) is 12.1 Å². The summed E-state index contributed by atoms with van der Waals surface area (Å²) in [6.07, 6.45) is 1.88. The average molecular weight is 210 g/mol. The van der Waals surface area contributed by atoms with Crippen LogP contribution in [0.1, 0.15) is 5.56 Å². The van der Waals surface area contributed by atoms with Gasteiger partial charge in [-0.2, -0.15) is 0 Å². The van der Waals surface area contributed by atoms with E-state index >= 15 is 0 Å². The number of hydrogen-bond acceptors (Lipinski definition) is 0. The molecule has 0 aliphatic carbocycles. The van der Waals surface area contributed by atoms with Gasteiger partial charge in [-0.05, 0) is 36.8 Å². The minimum atomic E-state index is -0.318. The minimum Gasteiger partial charge on any atom is -0.361 e. The second kappa shape index (κ2) is 3.46. The van der Waals surface area contributed by atoms with Crippen LogP contribution in [-0.2, 0) is 0 Å². The molecule has 0 saturated heterocycles. The Morgan fingerprint density at radius 3 is 2.64 bits per heavy atom. The van der Waals surface area contributed by atoms with Crippen LogP contribution < -0.4 is 0 Å². The molecule has 1 nitrogen and oxygen atoms in total. The van der Waals surface area contributed by atoms with Crippen LogP contribution in [-0.4, -0.2) is 4.98 Å². The minimum absolute atomic E-state index is 0.318. The molecule has 0 unspecified atom stereocenters. The monoisotopic (exact) mass is 209 g/mol. The van der Waals surface area contributed by atoms with Crippen molar-refractivity contribution in [1.29, 1.82) is 0 Å². The largest absolute Gasteiger partial charge is 0.361 e. The third kappa shape index (κ3) is 1.66. The summed E-state index contributed by atoms with van der Waals surface area (Å²) in [6.45, 7) is 1.98. The number of aromatic amines is 1. The third-order valence-electron chi connectivity index (χ3n) is 2.05. The zero-order valence-corrected chi connectivity index (χ0v) is 8.40. The van der Waals surface area contributed by atoms with Crippen molar-refractivity contribution in [3.8, 4) is 11.3 Å². The van der Waals surface area contributed by atoms with Gasteiger partial charge in [0.15, 0.2) is 0 Å². The number of hydrogen-bond donors (Lipinski definition) is 1. The van der Waals surface area contributed by atoms with E-state index in [1.54, 1.807) is 6.07 Å². The van der Waals surface area contributed by atoms with Gasteiger partial charge in [0.1, 0.15) is 5.82 Å². The molecule has 1 aromatic carbocycles. The fourth-order valence-electron chi connectivity index (χ4n) is 1.37. The van der Waals surface area contributed by atoms with E-state index in [0.717, 1.165) is 16.8 Å². The van der Waals surface area contributed by atoms with Gasteiger partial charge in [0, 0.05) is 17.5 Å². The molecular formula is C11H9ClFN. The molecule has 3 heteroatoms. The lowest BCUT2D eigenvalue weighted by Crippen LogP contribution is -1.80. The van der Waals surface area contributed by atoms with Gasteiger partial charge in [-0.25, -0.2) is 4.39 Å². The first-order valence-electron chi connectivity index (χ1n) is 4.27. The topological polar surface area (TPSA) is 15.8 Å². The lowest BCUT2D eigenvalue weighted by Gasteiger charge is -2.00. The SMILES string of the molecule is Cc1c[nH]c(-c2ccc(F)cc2Cl)c1. The summed E-state index contributed by atoms with van der Waals surface area (Å²) in [5.74, 6) is -0.318. The van der Waals surface area contributed by atoms with Crippen LogP contribution in [0.15, 0.2) is 30.5 Å². The Balaban J connectivity index is 2.52. The van der Waals surface area contributed by atoms with Crippen LogP contribution >= 0.6 is 11.6 Å². The Morgan fingerprint density at radius 1 is 1.29 bits per heavy atom. The smallest absolute Gasteiger partial charge is 0.124 e. The highest BCUT2D eigenvalue weighted by atomic mass is 35.5. The molecule has 0 aliphatic heterocycles. The van der Waals surface area contributed by atoms with Crippen LogP contribution in [0.2, 0.25) is 5.02 Å². The van der Waals surface area contributed by atoms with Crippen molar-refractivity contribution in [3.05, 3.63) is 46.9 Å². The molecule has 0 bridgehead atoms. The number of rotatable bonds is 1. The molecule has 2 rings (SSSR count). The molecule has 0 radical (unpaired) electrons. The van der Waals surface area contributed by atoms with E-state index in [-0.39, 0.29) is 5.82 Å². The molecule has 0 fully saturated rings. The van der Waals surface area contributed by atoms with Crippen LogP contribution in [0, 0.1) is 12.7 Å². The molecule has 1 N–H and O–H groups in total. The molecule has 1 heterocycles. The molecule has 1 aromatic heterocycles. The van der Waals surface area contributed by atoms with Gasteiger partial charge in [-0.15, -0.1) is 0 Å². The first-order valence-corrected chi connectivity index (χ1v) is 4.65. The summed E-state index contributed by atoms with van der Waals surface area (Å²) >= 11 is 5.91. The van der Waals surface area contributed by atoms with Crippen molar-refractivity contribution in [2.75, 3.05) is 0 Å². The zero-order chi connectivity index (χ0) is 10.1. The zero-order valence-electron chi connectivity index (χ0n) is 7.64. The number of aryl methyl sites for hydroxylation is 1. The summed E-state index contributed by atoms with van der Waals surface area (Å²) < 4.78 is 12.8. The summed E-state index contributed by atoms with van der Waals surface area (Å²) in [6, 6.07) is 6.35. The fourth-order valence-corrected chi connectivity index (χ4v) is 1.64. The Hall–Kier alpha value is -1.28. The van der Waals surface area contributed by atoms with Gasteiger partial charge in [0.25, 0.3) is 0 Å². The highest BCUT2D eigenvalue weighted by Gasteiger charge is 2.05. The van der Waals surface area contributed by atoms with Gasteiger partial charge >= 0.3 is 0 Å². The van der Waals surface area contributed by atoms with E-state index in [4.69, 9.17) is 11.6 Å². The van der Waals surface area contributed by atoms with Crippen LogP contribution in [0.3, 0.4) is 0 Å². The second-order valence-corrected chi connectivity index (χ2v) is 3.62. The molecular weight excluding hydrogens is 201 g/mol. The molecule has 0 spiro atoms. The Kier molecular flexibility index (Phi) is 2.30. The Morgan fingerprint density at radius 2 is 2.07 bits per heavy atom. The molecule has 2 aromatic rings. The van der Waals surface area contributed by atoms with E-state index in [2.05, 4.69) is 4.98 Å². The van der Waals surface area contributed by atoms with Gasteiger partial charge in [0.05, 0.1) is 5.02 Å². The van der Waals surface area contributed by atoms with Crippen LogP contribution in [0.4, 0.5) is 4.39 Å². The highest BCUT2D eigenvalue weighted by Crippen LogP contribution is 2.27. The van der Waals surface area contributed by atoms with Crippen molar-refractivity contribution in [1.82, 2.24) is 4.98 Å². The molecule has 14 heavy (non-hydrogen) atoms. The first-order chi connectivity index (χ1) is 6.66.